The Bertz CT molecular complexity index is 313. The van der Waals surface area contributed by atoms with Crippen molar-refractivity contribution in [3.63, 3.8) is 0 Å². The summed E-state index contributed by atoms with van der Waals surface area (Å²) in [4.78, 5) is 16.6. The summed E-state index contributed by atoms with van der Waals surface area (Å²) in [5.41, 5.74) is -0.422. The SMILES string of the molecule is CN(C)CC1CC(O)CN1C(=O)C1(C)CCCN1. The van der Waals surface area contributed by atoms with Gasteiger partial charge in [-0.2, -0.15) is 0 Å². The predicted octanol–water partition coefficient (Wildman–Crippen LogP) is -0.348. The standard InChI is InChI=1S/C13H25N3O2/c1-13(5-4-6-14-13)12(18)16-9-11(17)7-10(16)8-15(2)3/h10-11,14,17H,4-9H2,1-3H3. The molecule has 0 bridgehead atoms. The molecule has 3 unspecified atom stereocenters. The van der Waals surface area contributed by atoms with Crippen molar-refractivity contribution in [2.24, 2.45) is 0 Å². The zero-order valence-electron chi connectivity index (χ0n) is 11.6. The molecule has 2 rings (SSSR count). The molecule has 5 heteroatoms. The highest BCUT2D eigenvalue weighted by Gasteiger charge is 2.44. The Labute approximate surface area is 109 Å². The van der Waals surface area contributed by atoms with Crippen molar-refractivity contribution in [1.82, 2.24) is 15.1 Å². The van der Waals surface area contributed by atoms with Gasteiger partial charge in [0.15, 0.2) is 0 Å². The first-order valence-electron chi connectivity index (χ1n) is 6.81. The van der Waals surface area contributed by atoms with Crippen molar-refractivity contribution in [1.29, 1.82) is 0 Å². The average Bonchev–Trinajstić information content (AvgIpc) is 2.85. The van der Waals surface area contributed by atoms with Gasteiger partial charge in [0, 0.05) is 19.1 Å². The van der Waals surface area contributed by atoms with Crippen LogP contribution >= 0.6 is 0 Å². The summed E-state index contributed by atoms with van der Waals surface area (Å²) in [5.74, 6) is 0.156. The minimum atomic E-state index is -0.422. The first-order valence-corrected chi connectivity index (χ1v) is 6.81. The van der Waals surface area contributed by atoms with E-state index >= 15 is 0 Å². The van der Waals surface area contributed by atoms with Gasteiger partial charge in [-0.15, -0.1) is 0 Å². The number of likely N-dealkylation sites (tertiary alicyclic amines) is 1. The van der Waals surface area contributed by atoms with E-state index in [4.69, 9.17) is 0 Å². The Morgan fingerprint density at radius 2 is 2.28 bits per heavy atom. The molecule has 5 nitrogen and oxygen atoms in total. The molecule has 0 spiro atoms. The van der Waals surface area contributed by atoms with Crippen LogP contribution in [-0.4, -0.2) is 72.2 Å². The van der Waals surface area contributed by atoms with E-state index in [0.29, 0.717) is 13.0 Å². The van der Waals surface area contributed by atoms with Crippen molar-refractivity contribution < 1.29 is 9.90 Å². The second-order valence-electron chi connectivity index (χ2n) is 6.13. The lowest BCUT2D eigenvalue weighted by molar-refractivity contribution is -0.138. The van der Waals surface area contributed by atoms with Crippen molar-refractivity contribution in [2.45, 2.75) is 43.9 Å². The molecule has 0 radical (unpaired) electrons. The minimum Gasteiger partial charge on any atom is -0.391 e. The normalized spacial score (nSPS) is 36.6. The molecule has 2 aliphatic heterocycles. The summed E-state index contributed by atoms with van der Waals surface area (Å²) >= 11 is 0. The largest absolute Gasteiger partial charge is 0.391 e. The monoisotopic (exact) mass is 255 g/mol. The first-order chi connectivity index (χ1) is 8.42. The Morgan fingerprint density at radius 3 is 2.83 bits per heavy atom. The van der Waals surface area contributed by atoms with E-state index < -0.39 is 5.54 Å². The molecule has 0 saturated carbocycles. The van der Waals surface area contributed by atoms with Gasteiger partial charge in [0.1, 0.15) is 0 Å². The molecule has 2 saturated heterocycles. The average molecular weight is 255 g/mol. The third-order valence-electron chi connectivity index (χ3n) is 4.07. The number of nitrogens with zero attached hydrogens (tertiary/aromatic N) is 2. The lowest BCUT2D eigenvalue weighted by Gasteiger charge is -2.34. The number of carbonyl (C=O) groups excluding carboxylic acids is 1. The number of β-amino-alcohol motifs (C(OH)–C–C–N with tert-alkyl or cyclic N) is 1. The van der Waals surface area contributed by atoms with E-state index in [2.05, 4.69) is 10.2 Å². The van der Waals surface area contributed by atoms with Crippen LogP contribution in [0.2, 0.25) is 0 Å². The smallest absolute Gasteiger partial charge is 0.242 e. The molecule has 18 heavy (non-hydrogen) atoms. The summed E-state index contributed by atoms with van der Waals surface area (Å²) < 4.78 is 0. The van der Waals surface area contributed by atoms with Gasteiger partial charge in [0.25, 0.3) is 0 Å². The Morgan fingerprint density at radius 1 is 1.56 bits per heavy atom. The minimum absolute atomic E-state index is 0.140. The number of carbonyl (C=O) groups is 1. The Kier molecular flexibility index (Phi) is 3.94. The van der Waals surface area contributed by atoms with Crippen LogP contribution in [0.25, 0.3) is 0 Å². The van der Waals surface area contributed by atoms with Crippen LogP contribution in [0.3, 0.4) is 0 Å². The molecule has 2 heterocycles. The quantitative estimate of drug-likeness (QED) is 0.724. The van der Waals surface area contributed by atoms with Gasteiger partial charge in [-0.05, 0) is 46.8 Å². The topological polar surface area (TPSA) is 55.8 Å². The molecule has 0 aromatic heterocycles. The van der Waals surface area contributed by atoms with E-state index in [-0.39, 0.29) is 18.1 Å². The zero-order chi connectivity index (χ0) is 13.3. The highest BCUT2D eigenvalue weighted by Crippen LogP contribution is 2.27. The van der Waals surface area contributed by atoms with Gasteiger partial charge < -0.3 is 20.2 Å². The lowest BCUT2D eigenvalue weighted by atomic mass is 9.98. The zero-order valence-corrected chi connectivity index (χ0v) is 11.6. The fourth-order valence-electron chi connectivity index (χ4n) is 3.13. The van der Waals surface area contributed by atoms with Crippen LogP contribution in [0.5, 0.6) is 0 Å². The van der Waals surface area contributed by atoms with Gasteiger partial charge in [-0.3, -0.25) is 4.79 Å². The number of hydrogen-bond acceptors (Lipinski definition) is 4. The highest BCUT2D eigenvalue weighted by molar-refractivity contribution is 5.87. The number of nitrogens with one attached hydrogen (secondary N) is 1. The molecule has 0 aromatic rings. The molecule has 3 atom stereocenters. The Hall–Kier alpha value is -0.650. The maximum atomic E-state index is 12.6. The van der Waals surface area contributed by atoms with E-state index in [0.717, 1.165) is 25.9 Å². The van der Waals surface area contributed by atoms with Crippen LogP contribution in [0.4, 0.5) is 0 Å². The van der Waals surface area contributed by atoms with Crippen molar-refractivity contribution >= 4 is 5.91 Å². The highest BCUT2D eigenvalue weighted by atomic mass is 16.3. The maximum absolute atomic E-state index is 12.6. The van der Waals surface area contributed by atoms with Crippen LogP contribution in [0, 0.1) is 0 Å². The van der Waals surface area contributed by atoms with Gasteiger partial charge in [-0.25, -0.2) is 0 Å². The van der Waals surface area contributed by atoms with E-state index in [9.17, 15) is 9.90 Å². The van der Waals surface area contributed by atoms with Crippen molar-refractivity contribution in [3.8, 4) is 0 Å². The fraction of sp³-hybridized carbons (Fsp3) is 0.923. The molecule has 2 N–H and O–H groups in total. The van der Waals surface area contributed by atoms with E-state index in [1.54, 1.807) is 0 Å². The van der Waals surface area contributed by atoms with Crippen LogP contribution in [0.15, 0.2) is 0 Å². The number of aliphatic hydroxyl groups excluding tert-OH is 1. The summed E-state index contributed by atoms with van der Waals surface area (Å²) in [7, 11) is 4.01. The van der Waals surface area contributed by atoms with Gasteiger partial charge in [-0.1, -0.05) is 0 Å². The van der Waals surface area contributed by atoms with Crippen molar-refractivity contribution in [3.05, 3.63) is 0 Å². The van der Waals surface area contributed by atoms with Crippen molar-refractivity contribution in [2.75, 3.05) is 33.7 Å². The number of rotatable bonds is 3. The summed E-state index contributed by atoms with van der Waals surface area (Å²) in [6.45, 7) is 4.20. The van der Waals surface area contributed by atoms with E-state index in [1.165, 1.54) is 0 Å². The molecular formula is C13H25N3O2. The molecule has 0 aromatic carbocycles. The van der Waals surface area contributed by atoms with Gasteiger partial charge in [0.05, 0.1) is 11.6 Å². The molecule has 0 aliphatic carbocycles. The fourth-order valence-corrected chi connectivity index (χ4v) is 3.13. The van der Waals surface area contributed by atoms with Gasteiger partial charge >= 0.3 is 0 Å². The Balaban J connectivity index is 2.07. The second kappa shape index (κ2) is 5.15. The second-order valence-corrected chi connectivity index (χ2v) is 6.13. The molecule has 1 amide bonds. The summed E-state index contributed by atoms with van der Waals surface area (Å²) in [6, 6.07) is 0.140. The lowest BCUT2D eigenvalue weighted by Crippen LogP contribution is -2.55. The molecule has 104 valence electrons. The summed E-state index contributed by atoms with van der Waals surface area (Å²) in [5, 5.41) is 13.1. The third-order valence-corrected chi connectivity index (χ3v) is 4.07. The first kappa shape index (κ1) is 13.8. The van der Waals surface area contributed by atoms with E-state index in [1.807, 2.05) is 25.9 Å². The number of hydrogen-bond donors (Lipinski definition) is 2. The number of likely N-dealkylation sites (N-methyl/N-ethyl adjacent to an activating group) is 1. The molecular weight excluding hydrogens is 230 g/mol. The van der Waals surface area contributed by atoms with Crippen LogP contribution in [-0.2, 0) is 4.79 Å². The van der Waals surface area contributed by atoms with Crippen LogP contribution < -0.4 is 5.32 Å². The number of aliphatic hydroxyl groups is 1. The summed E-state index contributed by atoms with van der Waals surface area (Å²) in [6.07, 6.45) is 2.27. The van der Waals surface area contributed by atoms with Gasteiger partial charge in [0.2, 0.25) is 5.91 Å². The molecule has 2 aliphatic rings. The molecule has 2 fully saturated rings. The maximum Gasteiger partial charge on any atom is 0.242 e. The third kappa shape index (κ3) is 2.68. The van der Waals surface area contributed by atoms with Crippen LogP contribution in [0.1, 0.15) is 26.2 Å². The predicted molar refractivity (Wildman–Crippen MR) is 70.3 cm³/mol. The number of amides is 1.